The van der Waals surface area contributed by atoms with E-state index < -0.39 is 0 Å². The number of carbonyl (C=O) groups excluding carboxylic acids is 1. The quantitative estimate of drug-likeness (QED) is 0.565. The monoisotopic (exact) mass is 413 g/mol. The van der Waals surface area contributed by atoms with Gasteiger partial charge in [-0.15, -0.1) is 0 Å². The van der Waals surface area contributed by atoms with Gasteiger partial charge in [0, 0.05) is 24.7 Å². The third-order valence-corrected chi connectivity index (χ3v) is 7.16. The molecule has 0 saturated carbocycles. The van der Waals surface area contributed by atoms with E-state index in [0.29, 0.717) is 12.5 Å². The van der Waals surface area contributed by atoms with E-state index in [9.17, 15) is 4.79 Å². The maximum absolute atomic E-state index is 12.6. The third-order valence-electron chi connectivity index (χ3n) is 7.16. The Morgan fingerprint density at radius 3 is 2.50 bits per heavy atom. The predicted molar refractivity (Wildman–Crippen MR) is 122 cm³/mol. The Balaban J connectivity index is 1.23. The van der Waals surface area contributed by atoms with Gasteiger partial charge >= 0.3 is 0 Å². The number of amides is 1. The van der Waals surface area contributed by atoms with Crippen LogP contribution in [0.4, 0.5) is 5.69 Å². The molecular formula is C25H39N3O2. The fourth-order valence-corrected chi connectivity index (χ4v) is 5.35. The summed E-state index contributed by atoms with van der Waals surface area (Å²) in [6, 6.07) is 9.25. The Hall–Kier alpha value is -1.59. The van der Waals surface area contributed by atoms with Crippen LogP contribution in [-0.2, 0) is 4.79 Å². The van der Waals surface area contributed by atoms with Crippen molar-refractivity contribution in [1.82, 2.24) is 9.80 Å². The lowest BCUT2D eigenvalue weighted by atomic mass is 10.1. The highest BCUT2D eigenvalue weighted by Crippen LogP contribution is 2.29. The highest BCUT2D eigenvalue weighted by Gasteiger charge is 2.33. The smallest absolute Gasteiger partial charge is 0.227 e. The number of anilines is 1. The molecule has 30 heavy (non-hydrogen) atoms. The molecule has 0 bridgehead atoms. The summed E-state index contributed by atoms with van der Waals surface area (Å²) in [5.41, 5.74) is 1.02. The Morgan fingerprint density at radius 2 is 1.77 bits per heavy atom. The summed E-state index contributed by atoms with van der Waals surface area (Å²) in [6.07, 6.45) is 10.6. The topological polar surface area (TPSA) is 36.0 Å². The zero-order chi connectivity index (χ0) is 20.8. The molecule has 1 unspecified atom stereocenters. The van der Waals surface area contributed by atoms with E-state index in [-0.39, 0.29) is 5.91 Å². The summed E-state index contributed by atoms with van der Waals surface area (Å²) < 4.78 is 5.96. The molecule has 4 rings (SSSR count). The first-order valence-corrected chi connectivity index (χ1v) is 12.2. The molecule has 3 aliphatic rings. The molecule has 3 fully saturated rings. The Labute approximate surface area is 182 Å². The SMILES string of the molecule is CC1CCCN1CCCCOc1ccc(N2C(=O)CC[C@H]2CN2CCCCC2)cc1. The molecule has 0 aliphatic carbocycles. The highest BCUT2D eigenvalue weighted by molar-refractivity contribution is 5.96. The van der Waals surface area contributed by atoms with Crippen LogP contribution in [-0.4, -0.2) is 67.1 Å². The molecule has 0 radical (unpaired) electrons. The van der Waals surface area contributed by atoms with Gasteiger partial charge in [0.25, 0.3) is 0 Å². The van der Waals surface area contributed by atoms with Crippen molar-refractivity contribution >= 4 is 11.6 Å². The van der Waals surface area contributed by atoms with E-state index in [1.54, 1.807) is 0 Å². The maximum Gasteiger partial charge on any atom is 0.227 e. The number of rotatable bonds is 9. The van der Waals surface area contributed by atoms with Crippen LogP contribution >= 0.6 is 0 Å². The number of ether oxygens (including phenoxy) is 1. The number of piperidine rings is 1. The minimum atomic E-state index is 0.266. The molecule has 3 heterocycles. The van der Waals surface area contributed by atoms with E-state index in [4.69, 9.17) is 4.74 Å². The van der Waals surface area contributed by atoms with Crippen LogP contribution in [0.15, 0.2) is 24.3 Å². The summed E-state index contributed by atoms with van der Waals surface area (Å²) >= 11 is 0. The van der Waals surface area contributed by atoms with Crippen molar-refractivity contribution in [2.45, 2.75) is 76.8 Å². The molecule has 3 saturated heterocycles. The minimum absolute atomic E-state index is 0.266. The van der Waals surface area contributed by atoms with Gasteiger partial charge in [0.1, 0.15) is 5.75 Å². The number of likely N-dealkylation sites (tertiary alicyclic amines) is 2. The van der Waals surface area contributed by atoms with Gasteiger partial charge in [-0.3, -0.25) is 4.79 Å². The van der Waals surface area contributed by atoms with Crippen LogP contribution in [0, 0.1) is 0 Å². The van der Waals surface area contributed by atoms with Crippen LogP contribution in [0.1, 0.15) is 64.7 Å². The second-order valence-corrected chi connectivity index (χ2v) is 9.39. The summed E-state index contributed by atoms with van der Waals surface area (Å²) in [5.74, 6) is 1.18. The first-order valence-electron chi connectivity index (χ1n) is 12.2. The van der Waals surface area contributed by atoms with E-state index in [1.165, 1.54) is 64.7 Å². The number of unbranched alkanes of at least 4 members (excludes halogenated alkanes) is 1. The Morgan fingerprint density at radius 1 is 0.967 bits per heavy atom. The molecule has 1 aromatic carbocycles. The van der Waals surface area contributed by atoms with Gasteiger partial charge in [-0.25, -0.2) is 0 Å². The van der Waals surface area contributed by atoms with Crippen molar-refractivity contribution in [2.24, 2.45) is 0 Å². The van der Waals surface area contributed by atoms with Crippen LogP contribution in [0.25, 0.3) is 0 Å². The van der Waals surface area contributed by atoms with Crippen LogP contribution < -0.4 is 9.64 Å². The summed E-state index contributed by atoms with van der Waals surface area (Å²) in [4.78, 5) is 19.7. The summed E-state index contributed by atoms with van der Waals surface area (Å²) in [6.45, 7) is 8.94. The summed E-state index contributed by atoms with van der Waals surface area (Å²) in [5, 5.41) is 0. The molecule has 5 heteroatoms. The molecule has 166 valence electrons. The van der Waals surface area contributed by atoms with Gasteiger partial charge < -0.3 is 19.4 Å². The van der Waals surface area contributed by atoms with E-state index in [0.717, 1.165) is 43.5 Å². The average molecular weight is 414 g/mol. The lowest BCUT2D eigenvalue weighted by molar-refractivity contribution is -0.117. The highest BCUT2D eigenvalue weighted by atomic mass is 16.5. The second-order valence-electron chi connectivity index (χ2n) is 9.39. The average Bonchev–Trinajstić information content (AvgIpc) is 3.34. The molecule has 1 aromatic rings. The molecule has 2 atom stereocenters. The zero-order valence-electron chi connectivity index (χ0n) is 18.7. The van der Waals surface area contributed by atoms with Crippen molar-refractivity contribution in [3.63, 3.8) is 0 Å². The summed E-state index contributed by atoms with van der Waals surface area (Å²) in [7, 11) is 0. The number of benzene rings is 1. The predicted octanol–water partition coefficient (Wildman–Crippen LogP) is 4.31. The van der Waals surface area contributed by atoms with E-state index in [2.05, 4.69) is 28.9 Å². The van der Waals surface area contributed by atoms with Crippen molar-refractivity contribution < 1.29 is 9.53 Å². The van der Waals surface area contributed by atoms with E-state index in [1.807, 2.05) is 17.0 Å². The number of carbonyl (C=O) groups is 1. The van der Waals surface area contributed by atoms with Crippen molar-refractivity contribution in [2.75, 3.05) is 44.2 Å². The molecule has 3 aliphatic heterocycles. The van der Waals surface area contributed by atoms with Crippen molar-refractivity contribution in [1.29, 1.82) is 0 Å². The third kappa shape index (κ3) is 5.55. The van der Waals surface area contributed by atoms with Crippen LogP contribution in [0.5, 0.6) is 5.75 Å². The fourth-order valence-electron chi connectivity index (χ4n) is 5.35. The van der Waals surface area contributed by atoms with Gasteiger partial charge in [0.15, 0.2) is 0 Å². The normalized spacial score (nSPS) is 25.9. The molecule has 0 N–H and O–H groups in total. The lowest BCUT2D eigenvalue weighted by Gasteiger charge is -2.33. The number of hydrogen-bond acceptors (Lipinski definition) is 4. The lowest BCUT2D eigenvalue weighted by Crippen LogP contribution is -2.43. The fraction of sp³-hybridized carbons (Fsp3) is 0.720. The maximum atomic E-state index is 12.6. The van der Waals surface area contributed by atoms with Crippen molar-refractivity contribution in [3.8, 4) is 5.75 Å². The van der Waals surface area contributed by atoms with Gasteiger partial charge in [0.05, 0.1) is 12.6 Å². The molecule has 0 spiro atoms. The Bertz CT molecular complexity index is 671. The molecule has 5 nitrogen and oxygen atoms in total. The second kappa shape index (κ2) is 10.6. The number of nitrogens with zero attached hydrogens (tertiary/aromatic N) is 3. The van der Waals surface area contributed by atoms with Gasteiger partial charge in [-0.05, 0) is 102 Å². The zero-order valence-corrected chi connectivity index (χ0v) is 18.7. The number of hydrogen-bond donors (Lipinski definition) is 0. The van der Waals surface area contributed by atoms with E-state index >= 15 is 0 Å². The van der Waals surface area contributed by atoms with Crippen LogP contribution in [0.2, 0.25) is 0 Å². The van der Waals surface area contributed by atoms with Gasteiger partial charge in [0.2, 0.25) is 5.91 Å². The molecule has 1 amide bonds. The van der Waals surface area contributed by atoms with Gasteiger partial charge in [-0.1, -0.05) is 6.42 Å². The van der Waals surface area contributed by atoms with Gasteiger partial charge in [-0.2, -0.15) is 0 Å². The van der Waals surface area contributed by atoms with Crippen LogP contribution in [0.3, 0.4) is 0 Å². The van der Waals surface area contributed by atoms with Crippen molar-refractivity contribution in [3.05, 3.63) is 24.3 Å². The minimum Gasteiger partial charge on any atom is -0.494 e. The first-order chi connectivity index (χ1) is 14.7. The first kappa shape index (κ1) is 21.6. The molecular weight excluding hydrogens is 374 g/mol. The Kier molecular flexibility index (Phi) is 7.67. The largest absolute Gasteiger partial charge is 0.494 e. The standard InChI is InChI=1S/C25H39N3O2/c1-21-8-7-18-27(21)17-5-6-19-30-24-12-9-22(10-13-24)28-23(11-14-25(28)29)20-26-15-3-2-4-16-26/h9-10,12-13,21,23H,2-8,11,14-20H2,1H3/t21?,23-/m0/s1. The molecule has 0 aromatic heterocycles.